The van der Waals surface area contributed by atoms with E-state index >= 15 is 0 Å². The average Bonchev–Trinajstić information content (AvgIpc) is 2.08. The van der Waals surface area contributed by atoms with E-state index in [0.717, 1.165) is 23.5 Å². The Kier molecular flexibility index (Phi) is 7.52. The monoisotopic (exact) mass is 257 g/mol. The van der Waals surface area contributed by atoms with Gasteiger partial charge in [-0.3, -0.25) is 4.18 Å². The Balaban J connectivity index is 3.27. The van der Waals surface area contributed by atoms with Gasteiger partial charge in [0.1, 0.15) is 4.32 Å². The summed E-state index contributed by atoms with van der Waals surface area (Å²) in [6.45, 7) is 0.999. The van der Waals surface area contributed by atoms with Gasteiger partial charge in [-0.25, -0.2) is 0 Å². The second-order valence-electron chi connectivity index (χ2n) is 2.65. The van der Waals surface area contributed by atoms with Gasteiger partial charge in [-0.2, -0.15) is 8.42 Å². The van der Waals surface area contributed by atoms with Crippen LogP contribution >= 0.6 is 24.0 Å². The van der Waals surface area contributed by atoms with Gasteiger partial charge in [0.25, 0.3) is 10.1 Å². The average molecular weight is 257 g/mol. The van der Waals surface area contributed by atoms with Gasteiger partial charge in [0, 0.05) is 6.54 Å². The van der Waals surface area contributed by atoms with Crippen LogP contribution < -0.4 is 5.32 Å². The minimum absolute atomic E-state index is 0.243. The van der Waals surface area contributed by atoms with Gasteiger partial charge in [0.05, 0.1) is 12.9 Å². The third-order valence-corrected chi connectivity index (χ3v) is 3.08. The first-order valence-corrected chi connectivity index (χ1v) is 7.57. The van der Waals surface area contributed by atoms with Crippen molar-refractivity contribution in [2.24, 2.45) is 0 Å². The van der Waals surface area contributed by atoms with Crippen molar-refractivity contribution >= 4 is 38.4 Å². The molecule has 0 aliphatic heterocycles. The number of rotatable bonds is 6. The van der Waals surface area contributed by atoms with Crippen molar-refractivity contribution in [1.29, 1.82) is 0 Å². The molecule has 0 heterocycles. The lowest BCUT2D eigenvalue weighted by Crippen LogP contribution is -2.19. The number of unbranched alkanes of at least 4 members (excludes halogenated alkanes) is 1. The van der Waals surface area contributed by atoms with Gasteiger partial charge in [-0.05, 0) is 19.1 Å². The Labute approximate surface area is 94.9 Å². The topological polar surface area (TPSA) is 55.4 Å². The zero-order valence-electron chi connectivity index (χ0n) is 8.28. The fourth-order valence-corrected chi connectivity index (χ4v) is 1.47. The summed E-state index contributed by atoms with van der Waals surface area (Å²) in [4.78, 5) is 0. The molecule has 7 heteroatoms. The van der Waals surface area contributed by atoms with E-state index in [4.69, 9.17) is 12.2 Å². The van der Waals surface area contributed by atoms with Crippen LogP contribution in [0.1, 0.15) is 12.8 Å². The van der Waals surface area contributed by atoms with Crippen LogP contribution in [-0.4, -0.2) is 38.4 Å². The number of hydrogen-bond acceptors (Lipinski definition) is 5. The molecule has 0 aromatic carbocycles. The molecule has 0 unspecified atom stereocenters. The molecule has 0 spiro atoms. The minimum Gasteiger partial charge on any atom is -0.371 e. The molecular formula is C7H15NO3S3. The van der Waals surface area contributed by atoms with E-state index in [1.165, 1.54) is 11.8 Å². The molecule has 0 bridgehead atoms. The first-order chi connectivity index (χ1) is 6.45. The second-order valence-corrected chi connectivity index (χ2v) is 5.78. The maximum atomic E-state index is 10.6. The lowest BCUT2D eigenvalue weighted by atomic mass is 10.3. The van der Waals surface area contributed by atoms with E-state index in [1.54, 1.807) is 0 Å². The molecule has 14 heavy (non-hydrogen) atoms. The highest BCUT2D eigenvalue weighted by Gasteiger charge is 2.00. The molecule has 0 amide bonds. The minimum atomic E-state index is -3.28. The molecule has 0 aromatic rings. The highest BCUT2D eigenvalue weighted by Crippen LogP contribution is 1.96. The number of nitrogens with one attached hydrogen (secondary N) is 1. The third-order valence-electron chi connectivity index (χ3n) is 1.32. The summed E-state index contributed by atoms with van der Waals surface area (Å²) in [6.07, 6.45) is 4.50. The van der Waals surface area contributed by atoms with Crippen LogP contribution in [0.3, 0.4) is 0 Å². The van der Waals surface area contributed by atoms with Crippen LogP contribution in [0.15, 0.2) is 0 Å². The van der Waals surface area contributed by atoms with Crippen LogP contribution in [-0.2, 0) is 14.3 Å². The maximum absolute atomic E-state index is 10.6. The lowest BCUT2D eigenvalue weighted by molar-refractivity contribution is 0.312. The molecule has 0 fully saturated rings. The molecule has 0 radical (unpaired) electrons. The van der Waals surface area contributed by atoms with Gasteiger partial charge in [-0.1, -0.05) is 12.2 Å². The summed E-state index contributed by atoms with van der Waals surface area (Å²) in [5.74, 6) is 0. The van der Waals surface area contributed by atoms with E-state index in [2.05, 4.69) is 9.50 Å². The van der Waals surface area contributed by atoms with Gasteiger partial charge >= 0.3 is 0 Å². The van der Waals surface area contributed by atoms with Crippen molar-refractivity contribution in [2.75, 3.05) is 25.7 Å². The normalized spacial score (nSPS) is 11.3. The molecule has 0 aliphatic rings. The largest absolute Gasteiger partial charge is 0.371 e. The molecule has 0 aromatic heterocycles. The quantitative estimate of drug-likeness (QED) is 0.435. The summed E-state index contributed by atoms with van der Waals surface area (Å²) >= 11 is 6.40. The fourth-order valence-electron chi connectivity index (χ4n) is 0.700. The third kappa shape index (κ3) is 10.2. The molecule has 0 saturated carbocycles. The van der Waals surface area contributed by atoms with Crippen molar-refractivity contribution in [3.05, 3.63) is 0 Å². The predicted molar refractivity (Wildman–Crippen MR) is 64.1 cm³/mol. The summed E-state index contributed by atoms with van der Waals surface area (Å²) in [5, 5.41) is 3.02. The summed E-state index contributed by atoms with van der Waals surface area (Å²) in [5.41, 5.74) is 0. The first kappa shape index (κ1) is 14.2. The van der Waals surface area contributed by atoms with E-state index < -0.39 is 10.1 Å². The Morgan fingerprint density at radius 1 is 1.50 bits per heavy atom. The van der Waals surface area contributed by atoms with Gasteiger partial charge < -0.3 is 5.32 Å². The van der Waals surface area contributed by atoms with E-state index in [-0.39, 0.29) is 6.61 Å². The lowest BCUT2D eigenvalue weighted by Gasteiger charge is -2.04. The highest BCUT2D eigenvalue weighted by atomic mass is 32.2. The smallest absolute Gasteiger partial charge is 0.264 e. The summed E-state index contributed by atoms with van der Waals surface area (Å²) in [6, 6.07) is 0. The Hall–Kier alpha value is 0.150. The van der Waals surface area contributed by atoms with Gasteiger partial charge in [0.2, 0.25) is 0 Å². The first-order valence-electron chi connectivity index (χ1n) is 4.12. The number of thioether (sulfide) groups is 1. The van der Waals surface area contributed by atoms with Crippen molar-refractivity contribution in [3.8, 4) is 0 Å². The molecule has 1 N–H and O–H groups in total. The van der Waals surface area contributed by atoms with Crippen molar-refractivity contribution < 1.29 is 12.6 Å². The number of hydrogen-bond donors (Lipinski definition) is 1. The van der Waals surface area contributed by atoms with Crippen LogP contribution in [0.5, 0.6) is 0 Å². The molecular weight excluding hydrogens is 242 g/mol. The van der Waals surface area contributed by atoms with Gasteiger partial charge in [-0.15, -0.1) is 11.8 Å². The standard InChI is InChI=1S/C7H15NO3S3/c1-13-7(12)8-5-3-4-6-11-14(2,9)10/h3-6H2,1-2H3,(H,8,12). The predicted octanol–water partition coefficient (Wildman–Crippen LogP) is 0.980. The fraction of sp³-hybridized carbons (Fsp3) is 0.857. The second kappa shape index (κ2) is 7.44. The summed E-state index contributed by atoms with van der Waals surface area (Å²) in [7, 11) is -3.28. The maximum Gasteiger partial charge on any atom is 0.264 e. The van der Waals surface area contributed by atoms with Crippen molar-refractivity contribution in [1.82, 2.24) is 5.32 Å². The molecule has 84 valence electrons. The van der Waals surface area contributed by atoms with Crippen LogP contribution in [0.2, 0.25) is 0 Å². The molecule has 0 aliphatic carbocycles. The van der Waals surface area contributed by atoms with E-state index in [9.17, 15) is 8.42 Å². The SMILES string of the molecule is CSC(=S)NCCCCOS(C)(=O)=O. The van der Waals surface area contributed by atoms with E-state index in [1.807, 2.05) is 6.26 Å². The zero-order valence-corrected chi connectivity index (χ0v) is 10.7. The van der Waals surface area contributed by atoms with Crippen LogP contribution in [0.4, 0.5) is 0 Å². The van der Waals surface area contributed by atoms with Crippen LogP contribution in [0.25, 0.3) is 0 Å². The summed E-state index contributed by atoms with van der Waals surface area (Å²) < 4.78 is 26.4. The molecule has 0 saturated heterocycles. The highest BCUT2D eigenvalue weighted by molar-refractivity contribution is 8.22. The Bertz CT molecular complexity index is 263. The molecule has 0 atom stereocenters. The molecule has 4 nitrogen and oxygen atoms in total. The van der Waals surface area contributed by atoms with Crippen molar-refractivity contribution in [3.63, 3.8) is 0 Å². The van der Waals surface area contributed by atoms with Crippen molar-refractivity contribution in [2.45, 2.75) is 12.8 Å². The van der Waals surface area contributed by atoms with E-state index in [0.29, 0.717) is 6.42 Å². The van der Waals surface area contributed by atoms with Crippen LogP contribution in [0, 0.1) is 0 Å². The van der Waals surface area contributed by atoms with Gasteiger partial charge in [0.15, 0.2) is 0 Å². The number of thiocarbonyl (C=S) groups is 1. The Morgan fingerprint density at radius 3 is 2.64 bits per heavy atom. The molecule has 0 rings (SSSR count). The Morgan fingerprint density at radius 2 is 2.14 bits per heavy atom. The zero-order chi connectivity index (χ0) is 11.0.